The minimum Gasteiger partial charge on any atom is -0.142 e. The third-order valence-corrected chi connectivity index (χ3v) is 3.93. The van der Waals surface area contributed by atoms with E-state index in [4.69, 9.17) is 23.2 Å². The van der Waals surface area contributed by atoms with Crippen molar-refractivity contribution in [2.45, 2.75) is 0 Å². The van der Waals surface area contributed by atoms with Crippen molar-refractivity contribution in [1.82, 2.24) is 0 Å². The molecule has 2 aromatic rings. The Morgan fingerprint density at radius 3 is 2.50 bits per heavy atom. The molecule has 12 heavy (non-hydrogen) atoms. The molecule has 0 saturated heterocycles. The van der Waals surface area contributed by atoms with Crippen molar-refractivity contribution in [1.29, 1.82) is 0 Å². The lowest BCUT2D eigenvalue weighted by atomic mass is 10.3. The van der Waals surface area contributed by atoms with Gasteiger partial charge in [-0.15, -0.1) is 22.7 Å². The largest absolute Gasteiger partial charge is 0.142 e. The zero-order chi connectivity index (χ0) is 8.55. The summed E-state index contributed by atoms with van der Waals surface area (Å²) in [5.41, 5.74) is 1.08. The zero-order valence-electron chi connectivity index (χ0n) is 5.88. The number of halogens is 2. The minimum absolute atomic E-state index is 0.775. The predicted molar refractivity (Wildman–Crippen MR) is 57.7 cm³/mol. The van der Waals surface area contributed by atoms with E-state index in [0.29, 0.717) is 0 Å². The molecule has 2 rings (SSSR count). The van der Waals surface area contributed by atoms with Crippen LogP contribution in [0.25, 0.3) is 10.4 Å². The molecule has 0 amide bonds. The number of hydrogen-bond donors (Lipinski definition) is 0. The lowest BCUT2D eigenvalue weighted by Crippen LogP contribution is -1.62. The summed E-state index contributed by atoms with van der Waals surface area (Å²) < 4.78 is 0.827. The molecule has 0 bridgehead atoms. The Hall–Kier alpha value is -0.0200. The lowest BCUT2D eigenvalue weighted by molar-refractivity contribution is 1.89. The van der Waals surface area contributed by atoms with Crippen LogP contribution in [-0.4, -0.2) is 0 Å². The maximum atomic E-state index is 5.97. The van der Waals surface area contributed by atoms with Crippen LogP contribution in [0.3, 0.4) is 0 Å². The van der Waals surface area contributed by atoms with Crippen molar-refractivity contribution in [3.05, 3.63) is 32.3 Å². The molecule has 0 aliphatic carbocycles. The number of thiophene rings is 2. The van der Waals surface area contributed by atoms with Crippen molar-refractivity contribution in [3.8, 4) is 10.4 Å². The number of rotatable bonds is 1. The maximum absolute atomic E-state index is 5.97. The summed E-state index contributed by atoms with van der Waals surface area (Å²) in [6.45, 7) is 0. The van der Waals surface area contributed by atoms with Gasteiger partial charge in [0.05, 0.1) is 5.02 Å². The standard InChI is InChI=1S/C8H4Cl2S2/c9-5-3-7(12-4-5)6-1-2-11-8(6)10/h1-4H. The quantitative estimate of drug-likeness (QED) is 0.667. The number of hydrogen-bond acceptors (Lipinski definition) is 2. The second-order valence-corrected chi connectivity index (χ2v) is 5.10. The molecule has 0 spiro atoms. The van der Waals surface area contributed by atoms with E-state index in [1.807, 2.05) is 22.9 Å². The van der Waals surface area contributed by atoms with Crippen LogP contribution in [-0.2, 0) is 0 Å². The van der Waals surface area contributed by atoms with Gasteiger partial charge in [-0.1, -0.05) is 23.2 Å². The van der Waals surface area contributed by atoms with Gasteiger partial charge in [-0.2, -0.15) is 0 Å². The molecular formula is C8H4Cl2S2. The first-order valence-corrected chi connectivity index (χ1v) is 5.76. The van der Waals surface area contributed by atoms with Crippen molar-refractivity contribution in [2.75, 3.05) is 0 Å². The zero-order valence-corrected chi connectivity index (χ0v) is 9.03. The van der Waals surface area contributed by atoms with E-state index in [-0.39, 0.29) is 0 Å². The average Bonchev–Trinajstić information content (AvgIpc) is 2.58. The smallest absolute Gasteiger partial charge is 0.101 e. The Kier molecular flexibility index (Phi) is 2.42. The summed E-state index contributed by atoms with van der Waals surface area (Å²) in [5, 5.41) is 4.66. The summed E-state index contributed by atoms with van der Waals surface area (Å²) in [7, 11) is 0. The first-order chi connectivity index (χ1) is 5.77. The van der Waals surface area contributed by atoms with Crippen molar-refractivity contribution in [2.24, 2.45) is 0 Å². The highest BCUT2D eigenvalue weighted by Gasteiger charge is 2.06. The van der Waals surface area contributed by atoms with E-state index in [1.54, 1.807) is 11.3 Å². The van der Waals surface area contributed by atoms with Crippen LogP contribution in [0.1, 0.15) is 0 Å². The molecule has 0 radical (unpaired) electrons. The van der Waals surface area contributed by atoms with E-state index in [1.165, 1.54) is 11.3 Å². The summed E-state index contributed by atoms with van der Waals surface area (Å²) in [4.78, 5) is 1.13. The molecule has 2 heterocycles. The van der Waals surface area contributed by atoms with E-state index < -0.39 is 0 Å². The lowest BCUT2D eigenvalue weighted by Gasteiger charge is -1.90. The molecule has 62 valence electrons. The monoisotopic (exact) mass is 234 g/mol. The van der Waals surface area contributed by atoms with Gasteiger partial charge in [0.25, 0.3) is 0 Å². The molecule has 0 saturated carbocycles. The van der Waals surface area contributed by atoms with Crippen LogP contribution in [0.15, 0.2) is 22.9 Å². The minimum atomic E-state index is 0.775. The van der Waals surface area contributed by atoms with Crippen LogP contribution in [0, 0.1) is 0 Å². The van der Waals surface area contributed by atoms with Gasteiger partial charge in [0.15, 0.2) is 0 Å². The van der Waals surface area contributed by atoms with Gasteiger partial charge in [-0.05, 0) is 17.5 Å². The second-order valence-electron chi connectivity index (χ2n) is 2.24. The first kappa shape index (κ1) is 8.57. The fourth-order valence-electron chi connectivity index (χ4n) is 0.924. The summed E-state index contributed by atoms with van der Waals surface area (Å²) in [5.74, 6) is 0. The molecule has 2 aromatic heterocycles. The van der Waals surface area contributed by atoms with Gasteiger partial charge in [0, 0.05) is 15.8 Å². The maximum Gasteiger partial charge on any atom is 0.101 e. The van der Waals surface area contributed by atoms with Gasteiger partial charge >= 0.3 is 0 Å². The Balaban J connectivity index is 2.50. The van der Waals surface area contributed by atoms with Crippen LogP contribution in [0.5, 0.6) is 0 Å². The Morgan fingerprint density at radius 2 is 2.00 bits per heavy atom. The molecule has 0 unspecified atom stereocenters. The van der Waals surface area contributed by atoms with Crippen molar-refractivity contribution >= 4 is 45.9 Å². The van der Waals surface area contributed by atoms with Crippen molar-refractivity contribution in [3.63, 3.8) is 0 Å². The SMILES string of the molecule is Clc1csc(-c2ccsc2Cl)c1. The topological polar surface area (TPSA) is 0 Å². The third-order valence-electron chi connectivity index (χ3n) is 1.45. The van der Waals surface area contributed by atoms with Gasteiger partial charge in [-0.3, -0.25) is 0 Å². The predicted octanol–water partition coefficient (Wildman–Crippen LogP) is 4.78. The van der Waals surface area contributed by atoms with Crippen molar-refractivity contribution < 1.29 is 0 Å². The van der Waals surface area contributed by atoms with Crippen LogP contribution in [0.2, 0.25) is 9.36 Å². The molecule has 0 fully saturated rings. The highest BCUT2D eigenvalue weighted by molar-refractivity contribution is 7.17. The molecule has 0 aliphatic rings. The molecular weight excluding hydrogens is 231 g/mol. The molecule has 4 heteroatoms. The van der Waals surface area contributed by atoms with Crippen LogP contribution < -0.4 is 0 Å². The average molecular weight is 235 g/mol. The van der Waals surface area contributed by atoms with E-state index in [2.05, 4.69) is 0 Å². The molecule has 0 nitrogen and oxygen atoms in total. The van der Waals surface area contributed by atoms with Crippen LogP contribution >= 0.6 is 45.9 Å². The summed E-state index contributed by atoms with van der Waals surface area (Å²) >= 11 is 14.9. The highest BCUT2D eigenvalue weighted by Crippen LogP contribution is 2.37. The van der Waals surface area contributed by atoms with Gasteiger partial charge in [0.1, 0.15) is 4.34 Å². The third kappa shape index (κ3) is 1.52. The second kappa shape index (κ2) is 3.38. The van der Waals surface area contributed by atoms with Crippen LogP contribution in [0.4, 0.5) is 0 Å². The van der Waals surface area contributed by atoms with E-state index in [9.17, 15) is 0 Å². The molecule has 0 aromatic carbocycles. The van der Waals surface area contributed by atoms with E-state index >= 15 is 0 Å². The van der Waals surface area contributed by atoms with Gasteiger partial charge in [0.2, 0.25) is 0 Å². The Labute approximate surface area is 88.4 Å². The van der Waals surface area contributed by atoms with Gasteiger partial charge in [-0.25, -0.2) is 0 Å². The first-order valence-electron chi connectivity index (χ1n) is 3.25. The fraction of sp³-hybridized carbons (Fsp3) is 0. The normalized spacial score (nSPS) is 10.5. The molecule has 0 atom stereocenters. The van der Waals surface area contributed by atoms with E-state index in [0.717, 1.165) is 19.8 Å². The summed E-state index contributed by atoms with van der Waals surface area (Å²) in [6.07, 6.45) is 0. The fourth-order valence-corrected chi connectivity index (χ4v) is 3.10. The van der Waals surface area contributed by atoms with Gasteiger partial charge < -0.3 is 0 Å². The molecule has 0 N–H and O–H groups in total. The molecule has 0 aliphatic heterocycles. The summed E-state index contributed by atoms with van der Waals surface area (Å²) in [6, 6.07) is 3.94. The Bertz CT molecular complexity index is 389. The Morgan fingerprint density at radius 1 is 1.17 bits per heavy atom. The highest BCUT2D eigenvalue weighted by atomic mass is 35.5.